The maximum atomic E-state index is 10.3. The van der Waals surface area contributed by atoms with Crippen LogP contribution in [0.5, 0.6) is 11.5 Å². The summed E-state index contributed by atoms with van der Waals surface area (Å²) < 4.78 is 11.2. The first-order chi connectivity index (χ1) is 12.0. The van der Waals surface area contributed by atoms with Gasteiger partial charge in [-0.15, -0.1) is 0 Å². The van der Waals surface area contributed by atoms with Crippen molar-refractivity contribution in [1.82, 2.24) is 0 Å². The third-order valence-corrected chi connectivity index (χ3v) is 6.70. The van der Waals surface area contributed by atoms with Gasteiger partial charge in [0.15, 0.2) is 0 Å². The highest BCUT2D eigenvalue weighted by atomic mass is 35.5. The Bertz CT molecular complexity index is 754. The van der Waals surface area contributed by atoms with Gasteiger partial charge in [0.2, 0.25) is 0 Å². The fourth-order valence-electron chi connectivity index (χ4n) is 2.86. The highest BCUT2D eigenvalue weighted by Crippen LogP contribution is 2.41. The smallest absolute Gasteiger partial charge is 0.500 e. The molecule has 2 aromatic rings. The summed E-state index contributed by atoms with van der Waals surface area (Å²) in [6, 6.07) is 0. The normalized spacial score (nSPS) is 10.9. The molecule has 140 valence electrons. The molecule has 2 aromatic carbocycles. The van der Waals surface area contributed by atoms with Gasteiger partial charge in [0, 0.05) is 22.3 Å². The summed E-state index contributed by atoms with van der Waals surface area (Å²) in [5.41, 5.74) is 4.19. The van der Waals surface area contributed by atoms with Gasteiger partial charge in [-0.25, -0.2) is 0 Å². The lowest BCUT2D eigenvalue weighted by molar-refractivity contribution is 0.294. The van der Waals surface area contributed by atoms with Crippen LogP contribution < -0.4 is 9.31 Å². The van der Waals surface area contributed by atoms with Gasteiger partial charge >= 0.3 is 7.32 Å². The largest absolute Gasteiger partial charge is 0.785 e. The average Bonchev–Trinajstić information content (AvgIpc) is 2.62. The minimum atomic E-state index is -1.59. The summed E-state index contributed by atoms with van der Waals surface area (Å²) >= 11 is 25.2. The van der Waals surface area contributed by atoms with E-state index in [1.54, 1.807) is 27.7 Å². The molecular weight excluding hydrogens is 417 g/mol. The number of rotatable bonds is 4. The van der Waals surface area contributed by atoms with E-state index in [0.29, 0.717) is 53.8 Å². The Balaban J connectivity index is 2.39. The van der Waals surface area contributed by atoms with Crippen molar-refractivity contribution in [2.45, 2.75) is 41.5 Å². The quantitative estimate of drug-likeness (QED) is 0.551. The third kappa shape index (κ3) is 3.76. The van der Waals surface area contributed by atoms with Crippen molar-refractivity contribution >= 4 is 53.7 Å². The molecule has 0 aromatic heterocycles. The SMILES string of the molecule is Cc1c(Cl)c(C)c(OB(O)Oc2c(C)c(Cl)c(C)c(Cl)c2C)c(C)c1Cl. The van der Waals surface area contributed by atoms with Gasteiger partial charge < -0.3 is 14.3 Å². The molecule has 0 unspecified atom stereocenters. The van der Waals surface area contributed by atoms with Crippen molar-refractivity contribution in [3.8, 4) is 11.5 Å². The Morgan fingerprint density at radius 1 is 0.538 bits per heavy atom. The van der Waals surface area contributed by atoms with E-state index in [9.17, 15) is 5.02 Å². The van der Waals surface area contributed by atoms with Crippen molar-refractivity contribution in [2.24, 2.45) is 0 Å². The summed E-state index contributed by atoms with van der Waals surface area (Å²) in [5.74, 6) is 0.746. The predicted molar refractivity (Wildman–Crippen MR) is 111 cm³/mol. The molecule has 0 atom stereocenters. The molecule has 0 amide bonds. The molecule has 0 saturated carbocycles. The second-order valence-corrected chi connectivity index (χ2v) is 7.72. The van der Waals surface area contributed by atoms with E-state index in [1.807, 2.05) is 13.8 Å². The van der Waals surface area contributed by atoms with E-state index in [0.717, 1.165) is 11.1 Å². The molecule has 1 N–H and O–H groups in total. The first-order valence-corrected chi connectivity index (χ1v) is 9.41. The molecular formula is C18H19BCl4O3. The zero-order valence-electron chi connectivity index (χ0n) is 15.4. The fraction of sp³-hybridized carbons (Fsp3) is 0.333. The highest BCUT2D eigenvalue weighted by Gasteiger charge is 2.28. The Morgan fingerprint density at radius 3 is 1.00 bits per heavy atom. The Morgan fingerprint density at radius 2 is 0.769 bits per heavy atom. The van der Waals surface area contributed by atoms with Crippen molar-refractivity contribution in [1.29, 1.82) is 0 Å². The lowest BCUT2D eigenvalue weighted by atomic mass is 10.0. The zero-order chi connectivity index (χ0) is 19.9. The Labute approximate surface area is 174 Å². The molecule has 26 heavy (non-hydrogen) atoms. The first-order valence-electron chi connectivity index (χ1n) is 7.89. The molecule has 0 heterocycles. The molecule has 0 bridgehead atoms. The van der Waals surface area contributed by atoms with E-state index in [1.165, 1.54) is 0 Å². The van der Waals surface area contributed by atoms with Crippen LogP contribution in [0.1, 0.15) is 33.4 Å². The molecule has 0 saturated heterocycles. The number of hydrogen-bond donors (Lipinski definition) is 1. The molecule has 3 nitrogen and oxygen atoms in total. The van der Waals surface area contributed by atoms with Gasteiger partial charge in [-0.05, 0) is 52.7 Å². The van der Waals surface area contributed by atoms with Gasteiger partial charge in [0.25, 0.3) is 0 Å². The monoisotopic (exact) mass is 434 g/mol. The van der Waals surface area contributed by atoms with E-state index < -0.39 is 7.32 Å². The second kappa shape index (κ2) is 8.08. The zero-order valence-corrected chi connectivity index (χ0v) is 18.4. The van der Waals surface area contributed by atoms with Crippen molar-refractivity contribution in [2.75, 3.05) is 0 Å². The van der Waals surface area contributed by atoms with E-state index >= 15 is 0 Å². The van der Waals surface area contributed by atoms with Crippen LogP contribution in [-0.2, 0) is 0 Å². The summed E-state index contributed by atoms with van der Waals surface area (Å²) in [4.78, 5) is 0. The maximum Gasteiger partial charge on any atom is 0.785 e. The maximum absolute atomic E-state index is 10.3. The van der Waals surface area contributed by atoms with Crippen molar-refractivity contribution in [3.05, 3.63) is 53.5 Å². The van der Waals surface area contributed by atoms with Crippen LogP contribution in [0.25, 0.3) is 0 Å². The second-order valence-electron chi connectivity index (χ2n) is 6.21. The third-order valence-electron chi connectivity index (χ3n) is 4.43. The number of halogens is 4. The Hall–Kier alpha value is -0.775. The van der Waals surface area contributed by atoms with E-state index in [-0.39, 0.29) is 0 Å². The minimum Gasteiger partial charge on any atom is -0.500 e. The van der Waals surface area contributed by atoms with Gasteiger partial charge in [-0.1, -0.05) is 46.4 Å². The van der Waals surface area contributed by atoms with Crippen LogP contribution in [0.4, 0.5) is 0 Å². The topological polar surface area (TPSA) is 38.7 Å². The summed E-state index contributed by atoms with van der Waals surface area (Å²) in [6.07, 6.45) is 0. The molecule has 0 radical (unpaired) electrons. The van der Waals surface area contributed by atoms with Crippen LogP contribution in [0.15, 0.2) is 0 Å². The molecule has 8 heteroatoms. The molecule has 2 rings (SSSR count). The Kier molecular flexibility index (Phi) is 6.69. The highest BCUT2D eigenvalue weighted by molar-refractivity contribution is 6.40. The number of hydrogen-bond acceptors (Lipinski definition) is 3. The van der Waals surface area contributed by atoms with Crippen molar-refractivity contribution < 1.29 is 14.3 Å². The molecule has 0 aliphatic rings. The van der Waals surface area contributed by atoms with E-state index in [2.05, 4.69) is 0 Å². The lowest BCUT2D eigenvalue weighted by Crippen LogP contribution is -2.31. The van der Waals surface area contributed by atoms with Crippen LogP contribution in [-0.4, -0.2) is 12.3 Å². The predicted octanol–water partition coefficient (Wildman–Crippen LogP) is 6.59. The van der Waals surface area contributed by atoms with Crippen LogP contribution in [0.2, 0.25) is 20.1 Å². The van der Waals surface area contributed by atoms with Gasteiger partial charge in [0.05, 0.1) is 20.1 Å². The van der Waals surface area contributed by atoms with Crippen LogP contribution >= 0.6 is 46.4 Å². The standard InChI is InChI=1S/C18H19BCl4O3/c1-7-13(20)9(3)17(10(4)14(7)21)25-19(24)26-18-11(5)15(22)8(2)16(23)12(18)6/h24H,1-6H3. The van der Waals surface area contributed by atoms with Gasteiger partial charge in [0.1, 0.15) is 11.5 Å². The lowest BCUT2D eigenvalue weighted by Gasteiger charge is -2.21. The first kappa shape index (κ1) is 21.5. The molecule has 0 spiro atoms. The fourth-order valence-corrected chi connectivity index (χ4v) is 3.68. The van der Waals surface area contributed by atoms with Crippen LogP contribution in [0, 0.1) is 41.5 Å². The molecule has 0 aliphatic heterocycles. The number of benzene rings is 2. The molecule has 0 aliphatic carbocycles. The average molecular weight is 436 g/mol. The summed E-state index contributed by atoms with van der Waals surface area (Å²) in [7, 11) is -1.59. The molecule has 0 fully saturated rings. The van der Waals surface area contributed by atoms with Gasteiger partial charge in [-0.3, -0.25) is 0 Å². The van der Waals surface area contributed by atoms with Crippen molar-refractivity contribution in [3.63, 3.8) is 0 Å². The van der Waals surface area contributed by atoms with Crippen LogP contribution in [0.3, 0.4) is 0 Å². The summed E-state index contributed by atoms with van der Waals surface area (Å²) in [5, 5.41) is 12.3. The minimum absolute atomic E-state index is 0.373. The van der Waals surface area contributed by atoms with E-state index in [4.69, 9.17) is 55.7 Å². The van der Waals surface area contributed by atoms with Gasteiger partial charge in [-0.2, -0.15) is 0 Å². The summed E-state index contributed by atoms with van der Waals surface area (Å²) in [6.45, 7) is 10.8.